The molecular formula is C31H37F3N10O. The molecule has 1 fully saturated rings. The third-order valence-corrected chi connectivity index (χ3v) is 7.61. The smallest absolute Gasteiger partial charge is 0.373 e. The highest BCUT2D eigenvalue weighted by Gasteiger charge is 2.31. The van der Waals surface area contributed by atoms with Gasteiger partial charge < -0.3 is 26.2 Å². The SMILES string of the molecule is CCN1CCN(Cc2cc(NC(=O)Nc3ccc(C)c(Nc4cc(C)nn4-c4cc(NC)ncn4)c3)cc(C(F)(F)F)c2)CC1. The summed E-state index contributed by atoms with van der Waals surface area (Å²) in [5.41, 5.74) is 2.56. The number of piperazine rings is 1. The van der Waals surface area contributed by atoms with E-state index in [4.69, 9.17) is 0 Å². The van der Waals surface area contributed by atoms with E-state index in [0.717, 1.165) is 56.1 Å². The predicted molar refractivity (Wildman–Crippen MR) is 169 cm³/mol. The number of rotatable bonds is 9. The fourth-order valence-corrected chi connectivity index (χ4v) is 5.17. The monoisotopic (exact) mass is 622 g/mol. The Hall–Kier alpha value is -4.69. The molecule has 2 amide bonds. The van der Waals surface area contributed by atoms with Crippen LogP contribution in [0.1, 0.15) is 29.3 Å². The van der Waals surface area contributed by atoms with Crippen LogP contribution in [0.3, 0.4) is 0 Å². The highest BCUT2D eigenvalue weighted by atomic mass is 19.4. The van der Waals surface area contributed by atoms with Crippen molar-refractivity contribution in [1.29, 1.82) is 0 Å². The molecule has 238 valence electrons. The van der Waals surface area contributed by atoms with E-state index in [0.29, 0.717) is 40.9 Å². The van der Waals surface area contributed by atoms with Crippen LogP contribution in [0, 0.1) is 13.8 Å². The fraction of sp³-hybridized carbons (Fsp3) is 0.355. The first-order chi connectivity index (χ1) is 21.5. The summed E-state index contributed by atoms with van der Waals surface area (Å²) in [5, 5.41) is 16.2. The van der Waals surface area contributed by atoms with E-state index in [1.807, 2.05) is 26.0 Å². The lowest BCUT2D eigenvalue weighted by atomic mass is 10.1. The summed E-state index contributed by atoms with van der Waals surface area (Å²) in [6, 6.07) is 12.0. The van der Waals surface area contributed by atoms with Crippen molar-refractivity contribution in [1.82, 2.24) is 29.5 Å². The van der Waals surface area contributed by atoms with Gasteiger partial charge in [-0.25, -0.2) is 14.8 Å². The van der Waals surface area contributed by atoms with Gasteiger partial charge in [0, 0.05) is 69.0 Å². The van der Waals surface area contributed by atoms with Gasteiger partial charge in [-0.1, -0.05) is 13.0 Å². The number of aromatic nitrogens is 4. The molecule has 0 atom stereocenters. The predicted octanol–water partition coefficient (Wildman–Crippen LogP) is 5.86. The Morgan fingerprint density at radius 2 is 1.64 bits per heavy atom. The molecule has 11 nitrogen and oxygen atoms in total. The van der Waals surface area contributed by atoms with E-state index in [1.165, 1.54) is 6.33 Å². The molecule has 3 heterocycles. The Balaban J connectivity index is 1.31. The normalized spacial score (nSPS) is 14.3. The van der Waals surface area contributed by atoms with Crippen molar-refractivity contribution in [2.45, 2.75) is 33.5 Å². The number of urea groups is 1. The Bertz CT molecular complexity index is 1650. The molecular weight excluding hydrogens is 585 g/mol. The molecule has 0 spiro atoms. The van der Waals surface area contributed by atoms with E-state index in [2.05, 4.69) is 53.1 Å². The second kappa shape index (κ2) is 13.5. The maximum absolute atomic E-state index is 13.8. The lowest BCUT2D eigenvalue weighted by Crippen LogP contribution is -2.45. The average molecular weight is 623 g/mol. The molecule has 1 aliphatic heterocycles. The number of carbonyl (C=O) groups is 1. The zero-order valence-electron chi connectivity index (χ0n) is 25.7. The summed E-state index contributed by atoms with van der Waals surface area (Å²) in [5.74, 6) is 1.83. The lowest BCUT2D eigenvalue weighted by molar-refractivity contribution is -0.137. The van der Waals surface area contributed by atoms with Gasteiger partial charge in [0.2, 0.25) is 0 Å². The van der Waals surface area contributed by atoms with Crippen molar-refractivity contribution in [2.24, 2.45) is 0 Å². The Morgan fingerprint density at radius 3 is 2.36 bits per heavy atom. The van der Waals surface area contributed by atoms with Gasteiger partial charge in [0.1, 0.15) is 18.0 Å². The number of aryl methyl sites for hydroxylation is 2. The van der Waals surface area contributed by atoms with Crippen LogP contribution < -0.4 is 21.3 Å². The maximum Gasteiger partial charge on any atom is 0.416 e. The molecule has 0 aliphatic carbocycles. The van der Waals surface area contributed by atoms with Gasteiger partial charge >= 0.3 is 12.2 Å². The molecule has 1 saturated heterocycles. The molecule has 4 aromatic rings. The van der Waals surface area contributed by atoms with Crippen LogP contribution in [-0.4, -0.2) is 75.4 Å². The van der Waals surface area contributed by atoms with Gasteiger partial charge in [-0.3, -0.25) is 4.90 Å². The molecule has 2 aromatic carbocycles. The summed E-state index contributed by atoms with van der Waals surface area (Å²) in [4.78, 5) is 25.9. The van der Waals surface area contributed by atoms with E-state index in [9.17, 15) is 18.0 Å². The van der Waals surface area contributed by atoms with Crippen LogP contribution in [0.15, 0.2) is 54.9 Å². The van der Waals surface area contributed by atoms with Crippen molar-refractivity contribution in [3.05, 3.63) is 77.2 Å². The average Bonchev–Trinajstić information content (AvgIpc) is 3.38. The number of hydrogen-bond acceptors (Lipinski definition) is 8. The number of halogens is 3. The zero-order chi connectivity index (χ0) is 32.1. The van der Waals surface area contributed by atoms with E-state index in [1.54, 1.807) is 36.0 Å². The molecule has 2 aromatic heterocycles. The molecule has 14 heteroatoms. The molecule has 1 aliphatic rings. The lowest BCUT2D eigenvalue weighted by Gasteiger charge is -2.34. The highest BCUT2D eigenvalue weighted by Crippen LogP contribution is 2.33. The minimum atomic E-state index is -4.55. The van der Waals surface area contributed by atoms with Crippen molar-refractivity contribution < 1.29 is 18.0 Å². The van der Waals surface area contributed by atoms with Gasteiger partial charge in [-0.2, -0.15) is 23.0 Å². The maximum atomic E-state index is 13.8. The molecule has 0 bridgehead atoms. The Labute approximate surface area is 259 Å². The fourth-order valence-electron chi connectivity index (χ4n) is 5.17. The number of alkyl halides is 3. The number of anilines is 5. The zero-order valence-corrected chi connectivity index (χ0v) is 25.7. The number of likely N-dealkylation sites (N-methyl/N-ethyl adjacent to an activating group) is 1. The quantitative estimate of drug-likeness (QED) is 0.183. The van der Waals surface area contributed by atoms with Crippen LogP contribution in [0.5, 0.6) is 0 Å². The largest absolute Gasteiger partial charge is 0.416 e. The Morgan fingerprint density at radius 1 is 0.911 bits per heavy atom. The summed E-state index contributed by atoms with van der Waals surface area (Å²) in [6.45, 7) is 10.5. The molecule has 0 saturated carbocycles. The summed E-state index contributed by atoms with van der Waals surface area (Å²) in [6.07, 6.45) is -3.11. The third-order valence-electron chi connectivity index (χ3n) is 7.61. The van der Waals surface area contributed by atoms with E-state index >= 15 is 0 Å². The standard InChI is InChI=1S/C31H37F3N10O/c1-5-42-8-10-43(11-9-42)18-22-13-23(31(32,33)34)15-25(14-22)39-30(45)38-24-7-6-20(2)26(16-24)40-29-12-21(3)41-44(29)28-17-27(35-4)36-19-37-28/h6-7,12-17,19,40H,5,8-11,18H2,1-4H3,(H,35,36,37)(H2,38,39,45). The van der Waals surface area contributed by atoms with E-state index in [-0.39, 0.29) is 5.69 Å². The van der Waals surface area contributed by atoms with Crippen molar-refractivity contribution in [3.8, 4) is 5.82 Å². The topological polar surface area (TPSA) is 115 Å². The van der Waals surface area contributed by atoms with Gasteiger partial charge in [0.15, 0.2) is 5.82 Å². The first-order valence-electron chi connectivity index (χ1n) is 14.7. The first-order valence-corrected chi connectivity index (χ1v) is 14.7. The second-order valence-electron chi connectivity index (χ2n) is 11.0. The van der Waals surface area contributed by atoms with Crippen LogP contribution in [0.4, 0.5) is 46.7 Å². The van der Waals surface area contributed by atoms with Crippen LogP contribution in [-0.2, 0) is 12.7 Å². The van der Waals surface area contributed by atoms with Crippen LogP contribution >= 0.6 is 0 Å². The number of amides is 2. The summed E-state index contributed by atoms with van der Waals surface area (Å²) in [7, 11) is 1.76. The molecule has 0 unspecified atom stereocenters. The van der Waals surface area contributed by atoms with Crippen molar-refractivity contribution in [3.63, 3.8) is 0 Å². The van der Waals surface area contributed by atoms with Crippen LogP contribution in [0.25, 0.3) is 5.82 Å². The van der Waals surface area contributed by atoms with Gasteiger partial charge in [-0.15, -0.1) is 0 Å². The first kappa shape index (κ1) is 31.7. The second-order valence-corrected chi connectivity index (χ2v) is 11.0. The van der Waals surface area contributed by atoms with Crippen molar-refractivity contribution >= 4 is 34.7 Å². The summed E-state index contributed by atoms with van der Waals surface area (Å²) < 4.78 is 43.0. The number of hydrogen-bond donors (Lipinski definition) is 4. The number of nitrogens with one attached hydrogen (secondary N) is 4. The number of nitrogens with zero attached hydrogens (tertiary/aromatic N) is 6. The minimum Gasteiger partial charge on any atom is -0.373 e. The molecule has 5 rings (SSSR count). The van der Waals surface area contributed by atoms with E-state index < -0.39 is 17.8 Å². The number of benzene rings is 2. The highest BCUT2D eigenvalue weighted by molar-refractivity contribution is 6.00. The molecule has 45 heavy (non-hydrogen) atoms. The third kappa shape index (κ3) is 8.08. The Kier molecular flexibility index (Phi) is 9.54. The van der Waals surface area contributed by atoms with Crippen molar-refractivity contribution in [2.75, 3.05) is 61.0 Å². The van der Waals surface area contributed by atoms with Gasteiger partial charge in [-0.05, 0) is 61.9 Å². The number of carbonyl (C=O) groups excluding carboxylic acids is 1. The van der Waals surface area contributed by atoms with Gasteiger partial charge in [0.25, 0.3) is 0 Å². The summed E-state index contributed by atoms with van der Waals surface area (Å²) >= 11 is 0. The van der Waals surface area contributed by atoms with Crippen LogP contribution in [0.2, 0.25) is 0 Å². The minimum absolute atomic E-state index is 0.0696. The molecule has 4 N–H and O–H groups in total. The van der Waals surface area contributed by atoms with Gasteiger partial charge in [0.05, 0.1) is 11.3 Å². The molecule has 0 radical (unpaired) electrons.